The lowest BCUT2D eigenvalue weighted by Gasteiger charge is -2.35. The van der Waals surface area contributed by atoms with Gasteiger partial charge in [0.1, 0.15) is 5.92 Å². The largest absolute Gasteiger partial charge is 0.337 e. The normalized spacial score (nSPS) is 25.4. The van der Waals surface area contributed by atoms with Gasteiger partial charge >= 0.3 is 0 Å². The molecule has 1 amide bonds. The highest BCUT2D eigenvalue weighted by molar-refractivity contribution is 6.10. The van der Waals surface area contributed by atoms with E-state index in [2.05, 4.69) is 6.08 Å². The highest BCUT2D eigenvalue weighted by Crippen LogP contribution is 2.32. The minimum absolute atomic E-state index is 0.0363. The summed E-state index contributed by atoms with van der Waals surface area (Å²) in [5, 5.41) is 0. The Bertz CT molecular complexity index is 450. The van der Waals surface area contributed by atoms with Crippen LogP contribution in [-0.4, -0.2) is 28.7 Å². The first kappa shape index (κ1) is 18.2. The molecule has 0 saturated heterocycles. The molecular formula is C20H33NO2. The molecule has 2 fully saturated rings. The van der Waals surface area contributed by atoms with Gasteiger partial charge in [0.15, 0.2) is 5.78 Å². The summed E-state index contributed by atoms with van der Waals surface area (Å²) in [4.78, 5) is 27.7. The average molecular weight is 319 g/mol. The van der Waals surface area contributed by atoms with Gasteiger partial charge < -0.3 is 4.90 Å². The third-order valence-corrected chi connectivity index (χ3v) is 5.32. The van der Waals surface area contributed by atoms with Gasteiger partial charge in [0.05, 0.1) is 0 Å². The van der Waals surface area contributed by atoms with E-state index in [0.717, 1.165) is 24.8 Å². The third kappa shape index (κ3) is 4.45. The van der Waals surface area contributed by atoms with Crippen LogP contribution >= 0.6 is 0 Å². The van der Waals surface area contributed by atoms with E-state index in [1.807, 2.05) is 32.6 Å². The molecule has 0 aromatic carbocycles. The van der Waals surface area contributed by atoms with Gasteiger partial charge in [-0.15, -0.1) is 0 Å². The highest BCUT2D eigenvalue weighted by atomic mass is 16.2. The molecule has 0 spiro atoms. The predicted molar refractivity (Wildman–Crippen MR) is 94.1 cm³/mol. The van der Waals surface area contributed by atoms with E-state index < -0.39 is 5.92 Å². The van der Waals surface area contributed by atoms with Gasteiger partial charge in [0.25, 0.3) is 0 Å². The van der Waals surface area contributed by atoms with Crippen molar-refractivity contribution in [2.24, 2.45) is 11.8 Å². The van der Waals surface area contributed by atoms with Crippen LogP contribution < -0.4 is 0 Å². The highest BCUT2D eigenvalue weighted by Gasteiger charge is 2.36. The molecule has 0 aromatic rings. The Morgan fingerprint density at radius 2 is 1.61 bits per heavy atom. The second-order valence-electron chi connectivity index (χ2n) is 7.83. The summed E-state index contributed by atoms with van der Waals surface area (Å²) in [6.45, 7) is 8.13. The lowest BCUT2D eigenvalue weighted by Crippen LogP contribution is -2.48. The number of ketones is 1. The monoisotopic (exact) mass is 319 g/mol. The standard InChI is InChI=1S/C20H33NO2/c1-14(2)21(15(3)4)20(23)18-12-8-11-17(19(18)22)13-16-9-6-5-7-10-16/h13-16,18H,5-12H2,1-4H3/b17-13+. The van der Waals surface area contributed by atoms with Crippen molar-refractivity contribution < 1.29 is 9.59 Å². The first-order valence-electron chi connectivity index (χ1n) is 9.49. The zero-order chi connectivity index (χ0) is 17.0. The third-order valence-electron chi connectivity index (χ3n) is 5.32. The molecule has 1 atom stereocenters. The number of hydrogen-bond donors (Lipinski definition) is 0. The summed E-state index contributed by atoms with van der Waals surface area (Å²) in [5.41, 5.74) is 0.939. The van der Waals surface area contributed by atoms with E-state index in [0.29, 0.717) is 5.92 Å². The minimum atomic E-state index is -0.441. The molecule has 2 saturated carbocycles. The maximum absolute atomic E-state index is 12.9. The van der Waals surface area contributed by atoms with Crippen molar-refractivity contribution in [2.75, 3.05) is 0 Å². The minimum Gasteiger partial charge on any atom is -0.337 e. The van der Waals surface area contributed by atoms with Gasteiger partial charge in [-0.3, -0.25) is 9.59 Å². The van der Waals surface area contributed by atoms with Gasteiger partial charge in [-0.25, -0.2) is 0 Å². The quantitative estimate of drug-likeness (QED) is 0.565. The Kier molecular flexibility index (Phi) is 6.43. The molecule has 1 unspecified atom stereocenters. The summed E-state index contributed by atoms with van der Waals surface area (Å²) in [6, 6.07) is 0.283. The van der Waals surface area contributed by atoms with E-state index >= 15 is 0 Å². The van der Waals surface area contributed by atoms with Crippen LogP contribution in [0.1, 0.15) is 79.1 Å². The van der Waals surface area contributed by atoms with E-state index in [4.69, 9.17) is 0 Å². The Labute approximate surface area is 141 Å². The maximum Gasteiger partial charge on any atom is 0.233 e. The van der Waals surface area contributed by atoms with Crippen molar-refractivity contribution in [3.05, 3.63) is 11.6 Å². The number of hydrogen-bond acceptors (Lipinski definition) is 2. The molecular weight excluding hydrogens is 286 g/mol. The Hall–Kier alpha value is -1.12. The number of amides is 1. The first-order chi connectivity index (χ1) is 10.9. The number of allylic oxidation sites excluding steroid dienone is 2. The predicted octanol–water partition coefficient (Wildman–Crippen LogP) is 4.51. The second kappa shape index (κ2) is 8.12. The fraction of sp³-hybridized carbons (Fsp3) is 0.800. The summed E-state index contributed by atoms with van der Waals surface area (Å²) in [5.74, 6) is 0.263. The van der Waals surface area contributed by atoms with E-state index in [9.17, 15) is 9.59 Å². The fourth-order valence-corrected chi connectivity index (χ4v) is 4.25. The van der Waals surface area contributed by atoms with E-state index in [1.54, 1.807) is 0 Å². The molecule has 0 aromatic heterocycles. The maximum atomic E-state index is 12.9. The number of carbonyl (C=O) groups is 2. The van der Waals surface area contributed by atoms with Crippen LogP contribution in [0.4, 0.5) is 0 Å². The van der Waals surface area contributed by atoms with Gasteiger partial charge in [-0.2, -0.15) is 0 Å². The summed E-state index contributed by atoms with van der Waals surface area (Å²) < 4.78 is 0. The first-order valence-corrected chi connectivity index (χ1v) is 9.49. The molecule has 0 N–H and O–H groups in total. The van der Waals surface area contributed by atoms with Crippen molar-refractivity contribution in [1.29, 1.82) is 0 Å². The molecule has 0 aliphatic heterocycles. The molecule has 2 aliphatic carbocycles. The second-order valence-corrected chi connectivity index (χ2v) is 7.83. The van der Waals surface area contributed by atoms with Crippen molar-refractivity contribution in [3.8, 4) is 0 Å². The van der Waals surface area contributed by atoms with Crippen molar-refractivity contribution in [2.45, 2.75) is 91.1 Å². The Morgan fingerprint density at radius 3 is 2.17 bits per heavy atom. The summed E-state index contributed by atoms with van der Waals surface area (Å²) >= 11 is 0. The summed E-state index contributed by atoms with van der Waals surface area (Å²) in [6.07, 6.45) is 11.1. The zero-order valence-corrected chi connectivity index (χ0v) is 15.3. The molecule has 0 heterocycles. The number of rotatable bonds is 4. The zero-order valence-electron chi connectivity index (χ0n) is 15.3. The SMILES string of the molecule is CC(C)N(C(=O)C1CCC/C(=C\C2CCCCC2)C1=O)C(C)C. The molecule has 2 aliphatic rings. The molecule has 2 rings (SSSR count). The Morgan fingerprint density at radius 1 is 1.00 bits per heavy atom. The van der Waals surface area contributed by atoms with Crippen LogP contribution in [0, 0.1) is 11.8 Å². The molecule has 23 heavy (non-hydrogen) atoms. The topological polar surface area (TPSA) is 37.4 Å². The van der Waals surface area contributed by atoms with Gasteiger partial charge in [0.2, 0.25) is 5.91 Å². The number of Topliss-reactive ketones (excluding diaryl/α,β-unsaturated/α-hetero) is 1. The van der Waals surface area contributed by atoms with Crippen molar-refractivity contribution >= 4 is 11.7 Å². The lowest BCUT2D eigenvalue weighted by atomic mass is 9.79. The van der Waals surface area contributed by atoms with E-state index in [1.165, 1.54) is 32.1 Å². The molecule has 3 heteroatoms. The fourth-order valence-electron chi connectivity index (χ4n) is 4.25. The Balaban J connectivity index is 2.12. The molecule has 0 bridgehead atoms. The number of carbonyl (C=O) groups excluding carboxylic acids is 2. The summed E-state index contributed by atoms with van der Waals surface area (Å²) in [7, 11) is 0. The lowest BCUT2D eigenvalue weighted by molar-refractivity contribution is -0.144. The van der Waals surface area contributed by atoms with Crippen LogP contribution in [0.15, 0.2) is 11.6 Å². The van der Waals surface area contributed by atoms with Crippen molar-refractivity contribution in [3.63, 3.8) is 0 Å². The van der Waals surface area contributed by atoms with Gasteiger partial charge in [-0.1, -0.05) is 25.3 Å². The average Bonchev–Trinajstić information content (AvgIpc) is 2.49. The van der Waals surface area contributed by atoms with Crippen LogP contribution in [0.3, 0.4) is 0 Å². The van der Waals surface area contributed by atoms with Crippen LogP contribution in [0.25, 0.3) is 0 Å². The van der Waals surface area contributed by atoms with Crippen LogP contribution in [0.2, 0.25) is 0 Å². The van der Waals surface area contributed by atoms with Crippen LogP contribution in [-0.2, 0) is 9.59 Å². The van der Waals surface area contributed by atoms with Gasteiger partial charge in [-0.05, 0) is 71.3 Å². The van der Waals surface area contributed by atoms with Crippen molar-refractivity contribution in [1.82, 2.24) is 4.90 Å². The van der Waals surface area contributed by atoms with Crippen LogP contribution in [0.5, 0.6) is 0 Å². The molecule has 0 radical (unpaired) electrons. The number of nitrogens with zero attached hydrogens (tertiary/aromatic N) is 1. The van der Waals surface area contributed by atoms with Gasteiger partial charge in [0, 0.05) is 12.1 Å². The molecule has 130 valence electrons. The molecule has 3 nitrogen and oxygen atoms in total. The van der Waals surface area contributed by atoms with E-state index in [-0.39, 0.29) is 23.8 Å². The smallest absolute Gasteiger partial charge is 0.233 e.